The zero-order valence-corrected chi connectivity index (χ0v) is 8.30. The van der Waals surface area contributed by atoms with E-state index in [1.54, 1.807) is 19.9 Å². The quantitative estimate of drug-likeness (QED) is 0.744. The monoisotopic (exact) mass is 196 g/mol. The minimum Gasteiger partial charge on any atom is -0.493 e. The molecule has 0 atom stereocenters. The molecule has 1 aliphatic heterocycles. The first kappa shape index (κ1) is 9.46. The maximum atomic E-state index is 13.5. The minimum atomic E-state index is -1.15. The van der Waals surface area contributed by atoms with Gasteiger partial charge >= 0.3 is 0 Å². The van der Waals surface area contributed by atoms with Gasteiger partial charge in [-0.3, -0.25) is 0 Å². The topological polar surface area (TPSA) is 29.5 Å². The number of hydrogen-bond acceptors (Lipinski definition) is 2. The van der Waals surface area contributed by atoms with Gasteiger partial charge in [0.2, 0.25) is 0 Å². The van der Waals surface area contributed by atoms with Gasteiger partial charge in [0.05, 0.1) is 12.2 Å². The van der Waals surface area contributed by atoms with Crippen LogP contribution in [0.2, 0.25) is 0 Å². The molecular weight excluding hydrogens is 183 g/mol. The summed E-state index contributed by atoms with van der Waals surface area (Å²) < 4.78 is 18.8. The van der Waals surface area contributed by atoms with Crippen LogP contribution >= 0.6 is 0 Å². The van der Waals surface area contributed by atoms with E-state index in [1.165, 1.54) is 6.07 Å². The molecule has 0 unspecified atom stereocenters. The Morgan fingerprint density at radius 3 is 2.79 bits per heavy atom. The van der Waals surface area contributed by atoms with Crippen molar-refractivity contribution in [3.05, 3.63) is 29.1 Å². The summed E-state index contributed by atoms with van der Waals surface area (Å²) in [5.74, 6) is 0.338. The van der Waals surface area contributed by atoms with Crippen LogP contribution in [0.5, 0.6) is 5.75 Å². The van der Waals surface area contributed by atoms with E-state index in [4.69, 9.17) is 4.74 Å². The van der Waals surface area contributed by atoms with Crippen LogP contribution in [-0.2, 0) is 12.0 Å². The molecule has 2 nitrogen and oxygen atoms in total. The summed E-state index contributed by atoms with van der Waals surface area (Å²) in [5, 5.41) is 9.84. The van der Waals surface area contributed by atoms with Gasteiger partial charge in [-0.1, -0.05) is 0 Å². The molecule has 76 valence electrons. The smallest absolute Gasteiger partial charge is 0.129 e. The molecule has 0 aliphatic carbocycles. The highest BCUT2D eigenvalue weighted by Gasteiger charge is 2.28. The maximum Gasteiger partial charge on any atom is 0.129 e. The predicted octanol–water partition coefficient (Wildman–Crippen LogP) is 1.99. The molecule has 0 radical (unpaired) electrons. The number of ether oxygens (including phenoxy) is 1. The van der Waals surface area contributed by atoms with Crippen molar-refractivity contribution in [2.24, 2.45) is 0 Å². The molecule has 0 amide bonds. The summed E-state index contributed by atoms with van der Waals surface area (Å²) in [6.45, 7) is 3.75. The highest BCUT2D eigenvalue weighted by Crippen LogP contribution is 2.35. The Morgan fingerprint density at radius 1 is 1.43 bits per heavy atom. The van der Waals surface area contributed by atoms with Gasteiger partial charge in [0, 0.05) is 17.5 Å². The van der Waals surface area contributed by atoms with Crippen molar-refractivity contribution in [3.8, 4) is 5.75 Å². The Labute approximate surface area is 82.3 Å². The lowest BCUT2D eigenvalue weighted by molar-refractivity contribution is 0.0736. The summed E-state index contributed by atoms with van der Waals surface area (Å²) in [6.07, 6.45) is 0.673. The van der Waals surface area contributed by atoms with E-state index in [-0.39, 0.29) is 5.82 Å². The number of aliphatic hydroxyl groups is 1. The van der Waals surface area contributed by atoms with E-state index in [2.05, 4.69) is 0 Å². The van der Waals surface area contributed by atoms with Crippen molar-refractivity contribution in [1.29, 1.82) is 0 Å². The lowest BCUT2D eigenvalue weighted by Gasteiger charge is -2.21. The molecular formula is C11H13FO2. The highest BCUT2D eigenvalue weighted by molar-refractivity contribution is 5.45. The van der Waals surface area contributed by atoms with Crippen LogP contribution in [0.15, 0.2) is 12.1 Å². The lowest BCUT2D eigenvalue weighted by Crippen LogP contribution is -2.19. The molecule has 2 rings (SSSR count). The first-order valence-corrected chi connectivity index (χ1v) is 4.67. The summed E-state index contributed by atoms with van der Waals surface area (Å²) in [5.41, 5.74) is 0.0216. The molecule has 0 spiro atoms. The van der Waals surface area contributed by atoms with E-state index in [0.29, 0.717) is 24.3 Å². The van der Waals surface area contributed by atoms with Crippen LogP contribution in [0.4, 0.5) is 4.39 Å². The number of rotatable bonds is 1. The number of benzene rings is 1. The minimum absolute atomic E-state index is 0.359. The van der Waals surface area contributed by atoms with E-state index in [1.807, 2.05) is 0 Å². The average Bonchev–Trinajstić information content (AvgIpc) is 2.48. The standard InChI is InChI=1S/C11H13FO2/c1-11(2,13)10-7-5-6-14-9(7)4-3-8(10)12/h3-4,13H,5-6H2,1-2H3. The number of hydrogen-bond donors (Lipinski definition) is 1. The largest absolute Gasteiger partial charge is 0.493 e. The second-order valence-corrected chi connectivity index (χ2v) is 4.06. The normalized spacial score (nSPS) is 15.1. The van der Waals surface area contributed by atoms with E-state index < -0.39 is 5.60 Å². The van der Waals surface area contributed by atoms with Crippen molar-refractivity contribution in [2.45, 2.75) is 25.9 Å². The second kappa shape index (κ2) is 2.95. The van der Waals surface area contributed by atoms with Crippen LogP contribution in [-0.4, -0.2) is 11.7 Å². The molecule has 0 saturated heterocycles. The molecule has 1 aromatic carbocycles. The highest BCUT2D eigenvalue weighted by atomic mass is 19.1. The number of halogens is 1. The molecule has 0 fully saturated rings. The fraction of sp³-hybridized carbons (Fsp3) is 0.455. The first-order chi connectivity index (χ1) is 6.50. The maximum absolute atomic E-state index is 13.5. The van der Waals surface area contributed by atoms with Gasteiger partial charge in [-0.05, 0) is 26.0 Å². The Morgan fingerprint density at radius 2 is 2.14 bits per heavy atom. The summed E-state index contributed by atoms with van der Waals surface area (Å²) in [4.78, 5) is 0. The van der Waals surface area contributed by atoms with Gasteiger partial charge in [-0.25, -0.2) is 4.39 Å². The van der Waals surface area contributed by atoms with Gasteiger partial charge in [0.1, 0.15) is 11.6 Å². The summed E-state index contributed by atoms with van der Waals surface area (Å²) in [6, 6.07) is 2.96. The molecule has 0 aromatic heterocycles. The van der Waals surface area contributed by atoms with Crippen molar-refractivity contribution >= 4 is 0 Å². The zero-order valence-electron chi connectivity index (χ0n) is 8.30. The molecule has 1 aromatic rings. The SMILES string of the molecule is CC(C)(O)c1c(F)ccc2c1CCO2. The van der Waals surface area contributed by atoms with Gasteiger partial charge < -0.3 is 9.84 Å². The van der Waals surface area contributed by atoms with Gasteiger partial charge in [-0.15, -0.1) is 0 Å². The third-order valence-electron chi connectivity index (χ3n) is 2.44. The molecule has 0 bridgehead atoms. The van der Waals surface area contributed by atoms with Crippen LogP contribution in [0.3, 0.4) is 0 Å². The molecule has 1 heterocycles. The van der Waals surface area contributed by atoms with Gasteiger partial charge in [0.25, 0.3) is 0 Å². The molecule has 1 aliphatic rings. The first-order valence-electron chi connectivity index (χ1n) is 4.67. The third-order valence-corrected chi connectivity index (χ3v) is 2.44. The van der Waals surface area contributed by atoms with E-state index in [9.17, 15) is 9.50 Å². The van der Waals surface area contributed by atoms with Crippen LogP contribution < -0.4 is 4.74 Å². The second-order valence-electron chi connectivity index (χ2n) is 4.06. The predicted molar refractivity (Wildman–Crippen MR) is 50.8 cm³/mol. The van der Waals surface area contributed by atoms with E-state index >= 15 is 0 Å². The van der Waals surface area contributed by atoms with Crippen LogP contribution in [0.25, 0.3) is 0 Å². The average molecular weight is 196 g/mol. The molecule has 3 heteroatoms. The Kier molecular flexibility index (Phi) is 2.00. The zero-order chi connectivity index (χ0) is 10.3. The fourth-order valence-corrected chi connectivity index (χ4v) is 1.91. The van der Waals surface area contributed by atoms with Crippen molar-refractivity contribution in [3.63, 3.8) is 0 Å². The Bertz CT molecular complexity index is 366. The summed E-state index contributed by atoms with van der Waals surface area (Å²) in [7, 11) is 0. The Hall–Kier alpha value is -1.09. The third kappa shape index (κ3) is 1.38. The molecule has 0 saturated carbocycles. The molecule has 1 N–H and O–H groups in total. The van der Waals surface area contributed by atoms with Gasteiger partial charge in [0.15, 0.2) is 0 Å². The van der Waals surface area contributed by atoms with Crippen LogP contribution in [0, 0.1) is 5.82 Å². The lowest BCUT2D eigenvalue weighted by atomic mass is 9.91. The van der Waals surface area contributed by atoms with Crippen molar-refractivity contribution in [2.75, 3.05) is 6.61 Å². The van der Waals surface area contributed by atoms with E-state index in [0.717, 1.165) is 5.56 Å². The van der Waals surface area contributed by atoms with Crippen LogP contribution in [0.1, 0.15) is 25.0 Å². The van der Waals surface area contributed by atoms with Crippen molar-refractivity contribution in [1.82, 2.24) is 0 Å². The summed E-state index contributed by atoms with van der Waals surface area (Å²) >= 11 is 0. The van der Waals surface area contributed by atoms with Crippen molar-refractivity contribution < 1.29 is 14.2 Å². The Balaban J connectivity index is 2.63. The number of fused-ring (bicyclic) bond motifs is 1. The van der Waals surface area contributed by atoms with Gasteiger partial charge in [-0.2, -0.15) is 0 Å². The fourth-order valence-electron chi connectivity index (χ4n) is 1.91. The molecule has 14 heavy (non-hydrogen) atoms.